The lowest BCUT2D eigenvalue weighted by molar-refractivity contribution is 0.101. The monoisotopic (exact) mass is 203 g/mol. The molecule has 0 unspecified atom stereocenters. The Morgan fingerprint density at radius 1 is 1.47 bits per heavy atom. The van der Waals surface area contributed by atoms with E-state index in [9.17, 15) is 9.90 Å². The van der Waals surface area contributed by atoms with Gasteiger partial charge in [-0.25, -0.2) is 0 Å². The van der Waals surface area contributed by atoms with Crippen molar-refractivity contribution in [3.63, 3.8) is 0 Å². The molecule has 0 amide bonds. The minimum absolute atomic E-state index is 0.0197. The first-order valence-electron chi connectivity index (χ1n) is 4.97. The number of carbonyl (C=O) groups is 1. The van der Waals surface area contributed by atoms with Crippen LogP contribution in [0.1, 0.15) is 24.2 Å². The van der Waals surface area contributed by atoms with Gasteiger partial charge >= 0.3 is 0 Å². The molecule has 0 bridgehead atoms. The number of hydrogen-bond donors (Lipinski definition) is 1. The van der Waals surface area contributed by atoms with Crippen molar-refractivity contribution in [2.24, 2.45) is 0 Å². The molecule has 0 saturated carbocycles. The lowest BCUT2D eigenvalue weighted by atomic mass is 10.1. The predicted molar refractivity (Wildman–Crippen MR) is 59.3 cm³/mol. The Hall–Kier alpha value is -1.77. The fourth-order valence-electron chi connectivity index (χ4n) is 1.86. The fourth-order valence-corrected chi connectivity index (χ4v) is 1.86. The average molecular weight is 203 g/mol. The third-order valence-corrected chi connectivity index (χ3v) is 2.60. The van der Waals surface area contributed by atoms with Crippen molar-refractivity contribution in [1.82, 2.24) is 4.57 Å². The van der Waals surface area contributed by atoms with Crippen molar-refractivity contribution in [1.29, 1.82) is 0 Å². The first kappa shape index (κ1) is 9.77. The third-order valence-electron chi connectivity index (χ3n) is 2.60. The molecule has 1 aromatic heterocycles. The zero-order chi connectivity index (χ0) is 11.0. The lowest BCUT2D eigenvalue weighted by Crippen LogP contribution is -1.91. The molecule has 0 saturated heterocycles. The molecule has 1 N–H and O–H groups in total. The Bertz CT molecular complexity index is 526. The number of aromatic nitrogens is 1. The van der Waals surface area contributed by atoms with Crippen LogP contribution in [0, 0.1) is 0 Å². The Morgan fingerprint density at radius 2 is 2.20 bits per heavy atom. The standard InChI is InChI=1S/C12H13NO2/c1-3-13-7-9(8(2)14)12-10(13)5-4-6-11(12)15/h4-7,15H,3H2,1-2H3. The highest BCUT2D eigenvalue weighted by Gasteiger charge is 2.13. The Kier molecular flexibility index (Phi) is 2.23. The van der Waals surface area contributed by atoms with E-state index in [1.165, 1.54) is 6.92 Å². The lowest BCUT2D eigenvalue weighted by Gasteiger charge is -2.00. The summed E-state index contributed by atoms with van der Waals surface area (Å²) in [4.78, 5) is 11.4. The van der Waals surface area contributed by atoms with Crippen molar-refractivity contribution < 1.29 is 9.90 Å². The van der Waals surface area contributed by atoms with Gasteiger partial charge in [0.05, 0.1) is 10.9 Å². The molecule has 1 aromatic carbocycles. The number of carbonyl (C=O) groups excluding carboxylic acids is 1. The number of ketones is 1. The van der Waals surface area contributed by atoms with E-state index in [-0.39, 0.29) is 11.5 Å². The van der Waals surface area contributed by atoms with Crippen LogP contribution in [0.25, 0.3) is 10.9 Å². The van der Waals surface area contributed by atoms with Gasteiger partial charge in [-0.2, -0.15) is 0 Å². The first-order valence-corrected chi connectivity index (χ1v) is 4.97. The topological polar surface area (TPSA) is 42.2 Å². The van der Waals surface area contributed by atoms with Crippen LogP contribution in [-0.4, -0.2) is 15.5 Å². The quantitative estimate of drug-likeness (QED) is 0.762. The number of nitrogens with zero attached hydrogens (tertiary/aromatic N) is 1. The molecule has 0 spiro atoms. The molecule has 15 heavy (non-hydrogen) atoms. The van der Waals surface area contributed by atoms with E-state index in [2.05, 4.69) is 0 Å². The number of benzene rings is 1. The summed E-state index contributed by atoms with van der Waals surface area (Å²) < 4.78 is 1.96. The molecule has 0 aliphatic carbocycles. The van der Waals surface area contributed by atoms with Gasteiger partial charge in [0.2, 0.25) is 0 Å². The van der Waals surface area contributed by atoms with E-state index in [1.54, 1.807) is 18.3 Å². The summed E-state index contributed by atoms with van der Waals surface area (Å²) in [6.07, 6.45) is 1.80. The van der Waals surface area contributed by atoms with Crippen molar-refractivity contribution in [3.05, 3.63) is 30.0 Å². The number of aromatic hydroxyl groups is 1. The molecule has 0 aliphatic rings. The van der Waals surface area contributed by atoms with Crippen LogP contribution < -0.4 is 0 Å². The number of phenolic OH excluding ortho intramolecular Hbond substituents is 1. The van der Waals surface area contributed by atoms with Gasteiger partial charge in [-0.1, -0.05) is 6.07 Å². The van der Waals surface area contributed by atoms with Crippen LogP contribution >= 0.6 is 0 Å². The Labute approximate surface area is 87.9 Å². The number of fused-ring (bicyclic) bond motifs is 1. The van der Waals surface area contributed by atoms with Gasteiger partial charge in [0.25, 0.3) is 0 Å². The van der Waals surface area contributed by atoms with Crippen LogP contribution in [0.2, 0.25) is 0 Å². The van der Waals surface area contributed by atoms with Crippen molar-refractivity contribution in [3.8, 4) is 5.75 Å². The molecule has 3 nitrogen and oxygen atoms in total. The molecule has 2 rings (SSSR count). The van der Waals surface area contributed by atoms with E-state index >= 15 is 0 Å². The van der Waals surface area contributed by atoms with Crippen LogP contribution in [0.5, 0.6) is 5.75 Å². The molecule has 1 heterocycles. The summed E-state index contributed by atoms with van der Waals surface area (Å²) in [6.45, 7) is 4.31. The van der Waals surface area contributed by atoms with E-state index in [1.807, 2.05) is 17.6 Å². The van der Waals surface area contributed by atoms with Gasteiger partial charge in [-0.3, -0.25) is 4.79 Å². The van der Waals surface area contributed by atoms with Crippen molar-refractivity contribution in [2.45, 2.75) is 20.4 Å². The summed E-state index contributed by atoms with van der Waals surface area (Å²) in [5.41, 5.74) is 1.49. The van der Waals surface area contributed by atoms with Crippen LogP contribution in [0.15, 0.2) is 24.4 Å². The van der Waals surface area contributed by atoms with E-state index in [4.69, 9.17) is 0 Å². The number of phenols is 1. The second-order valence-corrected chi connectivity index (χ2v) is 3.56. The van der Waals surface area contributed by atoms with Gasteiger partial charge in [0, 0.05) is 18.3 Å². The highest BCUT2D eigenvalue weighted by Crippen LogP contribution is 2.29. The summed E-state index contributed by atoms with van der Waals surface area (Å²) in [5.74, 6) is 0.151. The average Bonchev–Trinajstić information content (AvgIpc) is 2.58. The maximum Gasteiger partial charge on any atom is 0.162 e. The van der Waals surface area contributed by atoms with Crippen molar-refractivity contribution >= 4 is 16.7 Å². The Balaban J connectivity index is 2.88. The van der Waals surface area contributed by atoms with Crippen molar-refractivity contribution in [2.75, 3.05) is 0 Å². The van der Waals surface area contributed by atoms with Crippen LogP contribution in [0.4, 0.5) is 0 Å². The minimum Gasteiger partial charge on any atom is -0.507 e. The second-order valence-electron chi connectivity index (χ2n) is 3.56. The normalized spacial score (nSPS) is 10.8. The molecular formula is C12H13NO2. The molecule has 0 fully saturated rings. The Morgan fingerprint density at radius 3 is 2.80 bits per heavy atom. The maximum atomic E-state index is 11.4. The summed E-state index contributed by atoms with van der Waals surface area (Å²) in [5, 5.41) is 10.4. The molecular weight excluding hydrogens is 190 g/mol. The summed E-state index contributed by atoms with van der Waals surface area (Å²) in [6, 6.07) is 5.30. The van der Waals surface area contributed by atoms with Gasteiger partial charge in [-0.15, -0.1) is 0 Å². The first-order chi connectivity index (χ1) is 7.15. The van der Waals surface area contributed by atoms with Gasteiger partial charge in [0.15, 0.2) is 5.78 Å². The smallest absolute Gasteiger partial charge is 0.162 e. The van der Waals surface area contributed by atoms with E-state index in [0.717, 1.165) is 12.1 Å². The molecule has 3 heteroatoms. The number of Topliss-reactive ketones (excluding diaryl/α,β-unsaturated/α-hetero) is 1. The SMILES string of the molecule is CCn1cc(C(C)=O)c2c(O)cccc21. The van der Waals surface area contributed by atoms with E-state index in [0.29, 0.717) is 10.9 Å². The predicted octanol–water partition coefficient (Wildman–Crippen LogP) is 2.57. The summed E-state index contributed by atoms with van der Waals surface area (Å²) in [7, 11) is 0. The number of aryl methyl sites for hydroxylation is 1. The summed E-state index contributed by atoms with van der Waals surface area (Å²) >= 11 is 0. The molecule has 78 valence electrons. The highest BCUT2D eigenvalue weighted by atomic mass is 16.3. The van der Waals surface area contributed by atoms with Gasteiger partial charge in [-0.05, 0) is 26.0 Å². The zero-order valence-corrected chi connectivity index (χ0v) is 8.82. The second kappa shape index (κ2) is 3.42. The minimum atomic E-state index is -0.0197. The number of rotatable bonds is 2. The van der Waals surface area contributed by atoms with Crippen LogP contribution in [-0.2, 0) is 6.54 Å². The molecule has 2 aromatic rings. The third kappa shape index (κ3) is 1.40. The fraction of sp³-hybridized carbons (Fsp3) is 0.250. The molecule has 0 radical (unpaired) electrons. The van der Waals surface area contributed by atoms with Gasteiger partial charge in [0.1, 0.15) is 5.75 Å². The zero-order valence-electron chi connectivity index (χ0n) is 8.82. The van der Waals surface area contributed by atoms with Crippen LogP contribution in [0.3, 0.4) is 0 Å². The highest BCUT2D eigenvalue weighted by molar-refractivity contribution is 6.09. The van der Waals surface area contributed by atoms with Gasteiger partial charge < -0.3 is 9.67 Å². The number of hydrogen-bond acceptors (Lipinski definition) is 2. The maximum absolute atomic E-state index is 11.4. The van der Waals surface area contributed by atoms with E-state index < -0.39 is 0 Å². The molecule has 0 atom stereocenters. The molecule has 0 aliphatic heterocycles. The largest absolute Gasteiger partial charge is 0.507 e.